The van der Waals surface area contributed by atoms with Gasteiger partial charge in [-0.2, -0.15) is 0 Å². The average Bonchev–Trinajstić information content (AvgIpc) is 3.04. The molecule has 0 unspecified atom stereocenters. The monoisotopic (exact) mass is 207 g/mol. The van der Waals surface area contributed by atoms with E-state index < -0.39 is 0 Å². The first kappa shape index (κ1) is 10.3. The van der Waals surface area contributed by atoms with Crippen LogP contribution in [0.15, 0.2) is 18.2 Å². The molecule has 0 bridgehead atoms. The van der Waals surface area contributed by atoms with Crippen LogP contribution in [0.25, 0.3) is 0 Å². The third kappa shape index (κ3) is 2.23. The maximum absolute atomic E-state index is 9.54. The van der Waals surface area contributed by atoms with Crippen LogP contribution >= 0.6 is 0 Å². The maximum Gasteiger partial charge on any atom is 0.161 e. The van der Waals surface area contributed by atoms with Gasteiger partial charge in [0.05, 0.1) is 6.61 Å². The van der Waals surface area contributed by atoms with E-state index in [-0.39, 0.29) is 11.8 Å². The standard InChI is InChI=1S/C12H17NO2/c1-2-15-11-7-9(5-6-10(11)14)12(13)8-3-4-8/h5-8,12,14H,2-4,13H2,1H3/t12-/m0/s1. The summed E-state index contributed by atoms with van der Waals surface area (Å²) in [6.07, 6.45) is 2.43. The zero-order valence-corrected chi connectivity index (χ0v) is 8.94. The molecule has 1 aromatic carbocycles. The first-order chi connectivity index (χ1) is 7.22. The summed E-state index contributed by atoms with van der Waals surface area (Å²) >= 11 is 0. The maximum atomic E-state index is 9.54. The fourth-order valence-corrected chi connectivity index (χ4v) is 1.74. The third-order valence-electron chi connectivity index (χ3n) is 2.80. The predicted octanol–water partition coefficient (Wildman–Crippen LogP) is 2.20. The van der Waals surface area contributed by atoms with Gasteiger partial charge in [-0.05, 0) is 43.4 Å². The molecule has 0 aliphatic heterocycles. The Bertz CT molecular complexity index is 347. The molecule has 3 N–H and O–H groups in total. The Kier molecular flexibility index (Phi) is 2.82. The van der Waals surface area contributed by atoms with Gasteiger partial charge in [-0.3, -0.25) is 0 Å². The van der Waals surface area contributed by atoms with Crippen molar-refractivity contribution >= 4 is 0 Å². The fraction of sp³-hybridized carbons (Fsp3) is 0.500. The molecule has 15 heavy (non-hydrogen) atoms. The number of nitrogens with two attached hydrogens (primary N) is 1. The van der Waals surface area contributed by atoms with Crippen molar-refractivity contribution in [2.24, 2.45) is 11.7 Å². The largest absolute Gasteiger partial charge is 0.504 e. The lowest BCUT2D eigenvalue weighted by molar-refractivity contribution is 0.317. The molecule has 2 rings (SSSR count). The number of ether oxygens (including phenoxy) is 1. The van der Waals surface area contributed by atoms with Crippen molar-refractivity contribution in [2.45, 2.75) is 25.8 Å². The molecule has 1 atom stereocenters. The van der Waals surface area contributed by atoms with Crippen LogP contribution in [0.2, 0.25) is 0 Å². The highest BCUT2D eigenvalue weighted by atomic mass is 16.5. The van der Waals surface area contributed by atoms with Gasteiger partial charge in [0.15, 0.2) is 11.5 Å². The van der Waals surface area contributed by atoms with Crippen molar-refractivity contribution in [3.05, 3.63) is 23.8 Å². The van der Waals surface area contributed by atoms with E-state index >= 15 is 0 Å². The second-order valence-corrected chi connectivity index (χ2v) is 4.02. The normalized spacial score (nSPS) is 17.5. The van der Waals surface area contributed by atoms with Crippen LogP contribution in [0.5, 0.6) is 11.5 Å². The van der Waals surface area contributed by atoms with Crippen LogP contribution in [0.1, 0.15) is 31.4 Å². The Morgan fingerprint density at radius 1 is 1.53 bits per heavy atom. The second kappa shape index (κ2) is 4.11. The van der Waals surface area contributed by atoms with Crippen LogP contribution in [0, 0.1) is 5.92 Å². The SMILES string of the molecule is CCOc1cc([C@@H](N)C2CC2)ccc1O. The number of benzene rings is 1. The topological polar surface area (TPSA) is 55.5 Å². The lowest BCUT2D eigenvalue weighted by atomic mass is 10.0. The smallest absolute Gasteiger partial charge is 0.161 e. The Morgan fingerprint density at radius 2 is 2.27 bits per heavy atom. The summed E-state index contributed by atoms with van der Waals surface area (Å²) in [5.41, 5.74) is 7.13. The quantitative estimate of drug-likeness (QED) is 0.795. The molecule has 1 saturated carbocycles. The van der Waals surface area contributed by atoms with Gasteiger partial charge in [0.25, 0.3) is 0 Å². The van der Waals surface area contributed by atoms with Gasteiger partial charge in [0.2, 0.25) is 0 Å². The highest BCUT2D eigenvalue weighted by Crippen LogP contribution is 2.41. The summed E-state index contributed by atoms with van der Waals surface area (Å²) in [7, 11) is 0. The number of aromatic hydroxyl groups is 1. The molecule has 82 valence electrons. The predicted molar refractivity (Wildman–Crippen MR) is 58.9 cm³/mol. The molecule has 0 amide bonds. The third-order valence-corrected chi connectivity index (χ3v) is 2.80. The number of rotatable bonds is 4. The van der Waals surface area contributed by atoms with Gasteiger partial charge < -0.3 is 15.6 Å². The minimum absolute atomic E-state index is 0.0878. The van der Waals surface area contributed by atoms with Crippen LogP contribution in [0.4, 0.5) is 0 Å². The van der Waals surface area contributed by atoms with Crippen LogP contribution in [0.3, 0.4) is 0 Å². The van der Waals surface area contributed by atoms with Crippen molar-refractivity contribution in [1.29, 1.82) is 0 Å². The summed E-state index contributed by atoms with van der Waals surface area (Å²) in [5, 5.41) is 9.54. The Hall–Kier alpha value is -1.22. The summed E-state index contributed by atoms with van der Waals surface area (Å²) < 4.78 is 5.32. The van der Waals surface area contributed by atoms with Crippen LogP contribution < -0.4 is 10.5 Å². The molecule has 0 heterocycles. The molecule has 3 nitrogen and oxygen atoms in total. The first-order valence-corrected chi connectivity index (χ1v) is 5.43. The lowest BCUT2D eigenvalue weighted by Gasteiger charge is -2.13. The molecular formula is C12H17NO2. The zero-order valence-electron chi connectivity index (χ0n) is 8.94. The molecule has 0 radical (unpaired) electrons. The first-order valence-electron chi connectivity index (χ1n) is 5.43. The Labute approximate surface area is 89.9 Å². The number of phenolic OH excluding ortho intramolecular Hbond substituents is 1. The van der Waals surface area contributed by atoms with Gasteiger partial charge in [0, 0.05) is 6.04 Å². The van der Waals surface area contributed by atoms with Crippen LogP contribution in [-0.2, 0) is 0 Å². The van der Waals surface area contributed by atoms with E-state index in [4.69, 9.17) is 10.5 Å². The van der Waals surface area contributed by atoms with Crippen molar-refractivity contribution in [3.63, 3.8) is 0 Å². The summed E-state index contributed by atoms with van der Waals surface area (Å²) in [4.78, 5) is 0. The van der Waals surface area contributed by atoms with Gasteiger partial charge in [0.1, 0.15) is 0 Å². The van der Waals surface area contributed by atoms with Gasteiger partial charge in [-0.25, -0.2) is 0 Å². The van der Waals surface area contributed by atoms with Gasteiger partial charge >= 0.3 is 0 Å². The van der Waals surface area contributed by atoms with E-state index in [0.29, 0.717) is 18.3 Å². The second-order valence-electron chi connectivity index (χ2n) is 4.02. The highest BCUT2D eigenvalue weighted by Gasteiger charge is 2.29. The van der Waals surface area contributed by atoms with Crippen LogP contribution in [-0.4, -0.2) is 11.7 Å². The summed E-state index contributed by atoms with van der Waals surface area (Å²) in [6, 6.07) is 5.47. The Morgan fingerprint density at radius 3 is 2.87 bits per heavy atom. The Balaban J connectivity index is 2.20. The molecular weight excluding hydrogens is 190 g/mol. The van der Waals surface area contributed by atoms with E-state index in [0.717, 1.165) is 5.56 Å². The fourth-order valence-electron chi connectivity index (χ4n) is 1.74. The molecule has 0 saturated heterocycles. The van der Waals surface area contributed by atoms with Gasteiger partial charge in [-0.1, -0.05) is 6.07 Å². The van der Waals surface area contributed by atoms with Crippen molar-refractivity contribution in [2.75, 3.05) is 6.61 Å². The zero-order chi connectivity index (χ0) is 10.8. The van der Waals surface area contributed by atoms with E-state index in [1.165, 1.54) is 12.8 Å². The molecule has 1 aliphatic rings. The average molecular weight is 207 g/mol. The molecule has 0 spiro atoms. The highest BCUT2D eigenvalue weighted by molar-refractivity contribution is 5.43. The molecule has 3 heteroatoms. The number of phenols is 1. The molecule has 0 aromatic heterocycles. The number of hydrogen-bond acceptors (Lipinski definition) is 3. The summed E-state index contributed by atoms with van der Waals surface area (Å²) in [5.74, 6) is 1.33. The minimum Gasteiger partial charge on any atom is -0.504 e. The van der Waals surface area contributed by atoms with Gasteiger partial charge in [-0.15, -0.1) is 0 Å². The van der Waals surface area contributed by atoms with E-state index in [9.17, 15) is 5.11 Å². The number of hydrogen-bond donors (Lipinski definition) is 2. The molecule has 1 fully saturated rings. The van der Waals surface area contributed by atoms with Crippen molar-refractivity contribution in [3.8, 4) is 11.5 Å². The molecule has 1 aromatic rings. The lowest BCUT2D eigenvalue weighted by Crippen LogP contribution is -2.12. The van der Waals surface area contributed by atoms with Crippen molar-refractivity contribution < 1.29 is 9.84 Å². The minimum atomic E-state index is 0.0878. The van der Waals surface area contributed by atoms with E-state index in [1.807, 2.05) is 19.1 Å². The van der Waals surface area contributed by atoms with E-state index in [1.54, 1.807) is 6.07 Å². The van der Waals surface area contributed by atoms with Crippen molar-refractivity contribution in [1.82, 2.24) is 0 Å². The molecule has 1 aliphatic carbocycles. The summed E-state index contributed by atoms with van der Waals surface area (Å²) in [6.45, 7) is 2.45. The van der Waals surface area contributed by atoms with E-state index in [2.05, 4.69) is 0 Å².